The van der Waals surface area contributed by atoms with Crippen LogP contribution in [0, 0.1) is 0 Å². The Morgan fingerprint density at radius 3 is 2.47 bits per heavy atom. The summed E-state index contributed by atoms with van der Waals surface area (Å²) in [6.45, 7) is 0.196. The van der Waals surface area contributed by atoms with Crippen molar-refractivity contribution in [2.24, 2.45) is 0 Å². The third-order valence-electron chi connectivity index (χ3n) is 4.90. The molecule has 2 aromatic carbocycles. The van der Waals surface area contributed by atoms with Gasteiger partial charge in [-0.2, -0.15) is 13.2 Å². The van der Waals surface area contributed by atoms with Crippen LogP contribution in [0.5, 0.6) is 0 Å². The quantitative estimate of drug-likeness (QED) is 0.365. The van der Waals surface area contributed by atoms with Gasteiger partial charge in [0, 0.05) is 11.1 Å². The largest absolute Gasteiger partial charge is 0.481 e. The van der Waals surface area contributed by atoms with Crippen molar-refractivity contribution < 1.29 is 27.9 Å². The summed E-state index contributed by atoms with van der Waals surface area (Å²) in [5.41, 5.74) is -0.847. The number of aromatic nitrogens is 1. The van der Waals surface area contributed by atoms with Crippen molar-refractivity contribution in [3.8, 4) is 0 Å². The highest BCUT2D eigenvalue weighted by Gasteiger charge is 2.31. The number of urea groups is 1. The summed E-state index contributed by atoms with van der Waals surface area (Å²) in [4.78, 5) is 37.3. The predicted octanol–water partition coefficient (Wildman–Crippen LogP) is 4.54. The van der Waals surface area contributed by atoms with Gasteiger partial charge in [0.2, 0.25) is 0 Å². The minimum absolute atomic E-state index is 0.0387. The average molecular weight is 491 g/mol. The lowest BCUT2D eigenvalue weighted by atomic mass is 10.0. The third kappa shape index (κ3) is 6.41. The molecule has 0 aliphatic heterocycles. The Balaban J connectivity index is 1.79. The Morgan fingerprint density at radius 2 is 1.79 bits per heavy atom. The molecular weight excluding hydrogens is 471 g/mol. The Morgan fingerprint density at radius 1 is 1.06 bits per heavy atom. The van der Waals surface area contributed by atoms with Crippen LogP contribution in [-0.4, -0.2) is 21.7 Å². The number of nitrogens with zero attached hydrogens (tertiary/aromatic N) is 1. The first-order chi connectivity index (χ1) is 16.0. The first-order valence-corrected chi connectivity index (χ1v) is 10.4. The molecule has 0 spiro atoms. The molecule has 34 heavy (non-hydrogen) atoms. The fraction of sp³-hybridized carbons (Fsp3) is 0.174. The number of anilines is 1. The van der Waals surface area contributed by atoms with Gasteiger partial charge in [-0.15, -0.1) is 12.6 Å². The molecular formula is C23H20F3N3O4S. The highest BCUT2D eigenvalue weighted by Crippen LogP contribution is 2.31. The van der Waals surface area contributed by atoms with Crippen LogP contribution in [0.4, 0.5) is 23.7 Å². The van der Waals surface area contributed by atoms with Crippen molar-refractivity contribution >= 4 is 30.3 Å². The van der Waals surface area contributed by atoms with E-state index >= 15 is 0 Å². The van der Waals surface area contributed by atoms with Crippen LogP contribution >= 0.6 is 12.6 Å². The zero-order valence-electron chi connectivity index (χ0n) is 17.5. The maximum atomic E-state index is 13.0. The smallest absolute Gasteiger partial charge is 0.416 e. The van der Waals surface area contributed by atoms with Crippen molar-refractivity contribution in [1.82, 2.24) is 9.88 Å². The van der Waals surface area contributed by atoms with Crippen LogP contribution in [0.1, 0.15) is 29.2 Å². The Bertz CT molecular complexity index is 1260. The number of carboxylic acid groups (broad SMARTS) is 1. The van der Waals surface area contributed by atoms with E-state index in [0.717, 1.165) is 23.8 Å². The summed E-state index contributed by atoms with van der Waals surface area (Å²) in [6, 6.07) is 11.9. The monoisotopic (exact) mass is 491 g/mol. The lowest BCUT2D eigenvalue weighted by Crippen LogP contribution is -2.36. The first-order valence-electron chi connectivity index (χ1n) is 9.97. The number of carbonyl (C=O) groups excluding carboxylic acids is 1. The number of carbonyl (C=O) groups is 2. The van der Waals surface area contributed by atoms with Crippen molar-refractivity contribution in [1.29, 1.82) is 0 Å². The number of hydrogen-bond donors (Lipinski definition) is 4. The molecule has 0 bridgehead atoms. The highest BCUT2D eigenvalue weighted by atomic mass is 32.1. The van der Waals surface area contributed by atoms with Gasteiger partial charge < -0.3 is 20.3 Å². The molecule has 0 saturated heterocycles. The number of rotatable bonds is 7. The lowest BCUT2D eigenvalue weighted by molar-refractivity contribution is -0.138. The first kappa shape index (κ1) is 24.9. The van der Waals surface area contributed by atoms with Gasteiger partial charge in [0.05, 0.1) is 24.6 Å². The minimum Gasteiger partial charge on any atom is -0.481 e. The van der Waals surface area contributed by atoms with Crippen molar-refractivity contribution in [2.45, 2.75) is 30.1 Å². The van der Waals surface area contributed by atoms with Gasteiger partial charge in [0.1, 0.15) is 5.69 Å². The molecule has 0 aliphatic rings. The van der Waals surface area contributed by atoms with Crippen LogP contribution in [0.2, 0.25) is 0 Å². The molecule has 0 unspecified atom stereocenters. The second-order valence-electron chi connectivity index (χ2n) is 7.36. The van der Waals surface area contributed by atoms with E-state index in [1.54, 1.807) is 30.3 Å². The zero-order chi connectivity index (χ0) is 24.9. The second-order valence-corrected chi connectivity index (χ2v) is 7.84. The number of benzene rings is 2. The number of pyridine rings is 1. The SMILES string of the molecule is O=C(O)C[C@H](NC(=O)Nc1cccn(Cc2ccccc2S)c1=O)c1cccc(C(F)(F)F)c1. The van der Waals surface area contributed by atoms with Gasteiger partial charge >= 0.3 is 18.2 Å². The number of halogens is 3. The fourth-order valence-electron chi connectivity index (χ4n) is 3.26. The van der Waals surface area contributed by atoms with E-state index < -0.39 is 41.8 Å². The fourth-order valence-corrected chi connectivity index (χ4v) is 3.49. The summed E-state index contributed by atoms with van der Waals surface area (Å²) in [5, 5.41) is 13.9. The topological polar surface area (TPSA) is 100 Å². The number of hydrogen-bond acceptors (Lipinski definition) is 4. The summed E-state index contributed by atoms with van der Waals surface area (Å²) >= 11 is 4.35. The van der Waals surface area contributed by atoms with Gasteiger partial charge in [-0.1, -0.05) is 30.3 Å². The van der Waals surface area contributed by atoms with Crippen molar-refractivity contribution in [3.05, 3.63) is 93.9 Å². The van der Waals surface area contributed by atoms with Gasteiger partial charge in [-0.25, -0.2) is 4.79 Å². The summed E-state index contributed by atoms with van der Waals surface area (Å²) < 4.78 is 40.5. The maximum Gasteiger partial charge on any atom is 0.416 e. The van der Waals surface area contributed by atoms with Crippen LogP contribution in [-0.2, 0) is 17.5 Å². The molecule has 0 saturated carbocycles. The molecule has 1 aromatic heterocycles. The van der Waals surface area contributed by atoms with Gasteiger partial charge in [-0.05, 0) is 41.5 Å². The molecule has 7 nitrogen and oxygen atoms in total. The van der Waals surface area contributed by atoms with Gasteiger partial charge in [0.25, 0.3) is 5.56 Å². The Hall–Kier alpha value is -3.73. The number of amides is 2. The molecule has 0 radical (unpaired) electrons. The van der Waals surface area contributed by atoms with E-state index in [0.29, 0.717) is 4.90 Å². The van der Waals surface area contributed by atoms with Crippen LogP contribution in [0.15, 0.2) is 76.6 Å². The Kier molecular flexibility index (Phi) is 7.67. The van der Waals surface area contributed by atoms with E-state index in [2.05, 4.69) is 23.3 Å². The number of alkyl halides is 3. The summed E-state index contributed by atoms with van der Waals surface area (Å²) in [6.07, 6.45) is -3.76. The molecule has 2 amide bonds. The minimum atomic E-state index is -4.63. The van der Waals surface area contributed by atoms with E-state index in [9.17, 15) is 27.6 Å². The maximum absolute atomic E-state index is 13.0. The molecule has 0 aliphatic carbocycles. The predicted molar refractivity (Wildman–Crippen MR) is 122 cm³/mol. The summed E-state index contributed by atoms with van der Waals surface area (Å²) in [7, 11) is 0. The normalized spacial score (nSPS) is 12.1. The van der Waals surface area contributed by atoms with Crippen molar-refractivity contribution in [2.75, 3.05) is 5.32 Å². The van der Waals surface area contributed by atoms with Gasteiger partial charge in [-0.3, -0.25) is 9.59 Å². The van der Waals surface area contributed by atoms with E-state index in [1.807, 2.05) is 0 Å². The average Bonchev–Trinajstić information content (AvgIpc) is 2.77. The number of thiol groups is 1. The van der Waals surface area contributed by atoms with E-state index in [-0.39, 0.29) is 17.8 Å². The van der Waals surface area contributed by atoms with Crippen molar-refractivity contribution in [3.63, 3.8) is 0 Å². The van der Waals surface area contributed by atoms with E-state index in [1.165, 1.54) is 22.9 Å². The number of carboxylic acids is 1. The molecule has 3 rings (SSSR count). The number of aliphatic carboxylic acids is 1. The van der Waals surface area contributed by atoms with E-state index in [4.69, 9.17) is 5.11 Å². The van der Waals surface area contributed by atoms with Gasteiger partial charge in [0.15, 0.2) is 0 Å². The molecule has 1 atom stereocenters. The third-order valence-corrected chi connectivity index (χ3v) is 5.34. The molecule has 1 heterocycles. The van der Waals surface area contributed by atoms with Crippen LogP contribution in [0.3, 0.4) is 0 Å². The molecule has 178 valence electrons. The van der Waals surface area contributed by atoms with Crippen LogP contribution in [0.25, 0.3) is 0 Å². The highest BCUT2D eigenvalue weighted by molar-refractivity contribution is 7.80. The summed E-state index contributed by atoms with van der Waals surface area (Å²) in [5.74, 6) is -1.32. The molecule has 0 fully saturated rings. The zero-order valence-corrected chi connectivity index (χ0v) is 18.4. The number of nitrogens with one attached hydrogen (secondary N) is 2. The molecule has 3 N–H and O–H groups in total. The van der Waals surface area contributed by atoms with Crippen LogP contribution < -0.4 is 16.2 Å². The lowest BCUT2D eigenvalue weighted by Gasteiger charge is -2.19. The Labute approximate surface area is 197 Å². The molecule has 11 heteroatoms. The second kappa shape index (κ2) is 10.5. The standard InChI is InChI=1S/C23H20F3N3O4S/c24-23(25,26)16-7-3-6-14(11-16)18(12-20(30)31)28-22(33)27-17-8-4-10-29(21(17)32)13-15-5-1-2-9-19(15)34/h1-11,18,34H,12-13H2,(H,30,31)(H2,27,28,33)/t18-/m0/s1. The molecule has 3 aromatic rings.